The predicted molar refractivity (Wildman–Crippen MR) is 114 cm³/mol. The van der Waals surface area contributed by atoms with Crippen molar-refractivity contribution in [2.24, 2.45) is 0 Å². The first-order valence-corrected chi connectivity index (χ1v) is 10.2. The maximum Gasteiger partial charge on any atom is 0.127 e. The molecule has 0 aliphatic carbocycles. The van der Waals surface area contributed by atoms with Crippen molar-refractivity contribution in [1.29, 1.82) is 0 Å². The van der Waals surface area contributed by atoms with Gasteiger partial charge >= 0.3 is 0 Å². The van der Waals surface area contributed by atoms with Crippen LogP contribution in [-0.2, 0) is 0 Å². The van der Waals surface area contributed by atoms with Gasteiger partial charge in [-0.25, -0.2) is 0 Å². The Kier molecular flexibility index (Phi) is 8.04. The molecular weight excluding hydrogens is 460 g/mol. The number of ether oxygens (including phenoxy) is 3. The lowest BCUT2D eigenvalue weighted by Crippen LogP contribution is -2.05. The molecule has 0 aromatic heterocycles. The van der Waals surface area contributed by atoms with Gasteiger partial charge in [0.1, 0.15) is 29.6 Å². The molecule has 0 N–H and O–H groups in total. The van der Waals surface area contributed by atoms with Gasteiger partial charge in [-0.3, -0.25) is 0 Å². The van der Waals surface area contributed by atoms with Gasteiger partial charge in [0.05, 0.1) is 9.50 Å². The summed E-state index contributed by atoms with van der Waals surface area (Å²) in [6.45, 7) is 8.78. The molecule has 0 atom stereocenters. The lowest BCUT2D eigenvalue weighted by molar-refractivity contribution is 0.242. The zero-order valence-corrected chi connectivity index (χ0v) is 18.6. The fourth-order valence-electron chi connectivity index (χ4n) is 2.36. The third-order valence-corrected chi connectivity index (χ3v) is 4.16. The molecule has 5 heteroatoms. The SMILES string of the molecule is CC(C)Oc1ccc(Oc2ccc(OCC=C(Br)Br)c(C(C)C)c2)cc1. The molecule has 26 heavy (non-hydrogen) atoms. The first-order valence-electron chi connectivity index (χ1n) is 8.57. The van der Waals surface area contributed by atoms with Gasteiger partial charge in [-0.15, -0.1) is 0 Å². The van der Waals surface area contributed by atoms with Crippen LogP contribution in [0.3, 0.4) is 0 Å². The molecule has 0 bridgehead atoms. The monoisotopic (exact) mass is 482 g/mol. The summed E-state index contributed by atoms with van der Waals surface area (Å²) in [5, 5.41) is 0. The topological polar surface area (TPSA) is 27.7 Å². The van der Waals surface area contributed by atoms with Crippen LogP contribution in [0.1, 0.15) is 39.2 Å². The van der Waals surface area contributed by atoms with E-state index in [2.05, 4.69) is 45.7 Å². The maximum absolute atomic E-state index is 5.99. The van der Waals surface area contributed by atoms with E-state index in [1.54, 1.807) is 0 Å². The number of hydrogen-bond donors (Lipinski definition) is 0. The van der Waals surface area contributed by atoms with Crippen molar-refractivity contribution in [3.05, 3.63) is 57.5 Å². The van der Waals surface area contributed by atoms with E-state index in [0.29, 0.717) is 12.5 Å². The highest BCUT2D eigenvalue weighted by Crippen LogP contribution is 2.33. The quantitative estimate of drug-likeness (QED) is 0.391. The van der Waals surface area contributed by atoms with Crippen LogP contribution in [0.4, 0.5) is 0 Å². The van der Waals surface area contributed by atoms with Crippen LogP contribution < -0.4 is 14.2 Å². The summed E-state index contributed by atoms with van der Waals surface area (Å²) in [7, 11) is 0. The first-order chi connectivity index (χ1) is 12.3. The van der Waals surface area contributed by atoms with Gasteiger partial charge < -0.3 is 14.2 Å². The molecule has 0 fully saturated rings. The van der Waals surface area contributed by atoms with Crippen molar-refractivity contribution in [3.63, 3.8) is 0 Å². The summed E-state index contributed by atoms with van der Waals surface area (Å²) in [5.74, 6) is 3.59. The van der Waals surface area contributed by atoms with Crippen LogP contribution in [0, 0.1) is 0 Å². The van der Waals surface area contributed by atoms with E-state index in [9.17, 15) is 0 Å². The molecule has 3 nitrogen and oxygen atoms in total. The fraction of sp³-hybridized carbons (Fsp3) is 0.333. The number of benzene rings is 2. The summed E-state index contributed by atoms with van der Waals surface area (Å²) in [6, 6.07) is 13.6. The zero-order chi connectivity index (χ0) is 19.1. The van der Waals surface area contributed by atoms with E-state index in [-0.39, 0.29) is 6.10 Å². The highest BCUT2D eigenvalue weighted by atomic mass is 79.9. The molecule has 2 rings (SSSR count). The lowest BCUT2D eigenvalue weighted by atomic mass is 10.0. The highest BCUT2D eigenvalue weighted by molar-refractivity contribution is 9.28. The number of hydrogen-bond acceptors (Lipinski definition) is 3. The Bertz CT molecular complexity index is 733. The van der Waals surface area contributed by atoms with E-state index < -0.39 is 0 Å². The molecule has 0 heterocycles. The Labute approximate surface area is 172 Å². The second-order valence-electron chi connectivity index (χ2n) is 6.40. The Morgan fingerprint density at radius 3 is 2.12 bits per heavy atom. The summed E-state index contributed by atoms with van der Waals surface area (Å²) >= 11 is 6.66. The Balaban J connectivity index is 2.12. The number of halogens is 2. The average Bonchev–Trinajstić information content (AvgIpc) is 2.57. The highest BCUT2D eigenvalue weighted by Gasteiger charge is 2.10. The second-order valence-corrected chi connectivity index (χ2v) is 9.17. The van der Waals surface area contributed by atoms with E-state index in [1.807, 2.05) is 62.4 Å². The van der Waals surface area contributed by atoms with Crippen molar-refractivity contribution >= 4 is 31.9 Å². The Hall–Kier alpha value is -1.46. The second kappa shape index (κ2) is 10.0. The zero-order valence-electron chi connectivity index (χ0n) is 15.5. The van der Waals surface area contributed by atoms with E-state index >= 15 is 0 Å². The van der Waals surface area contributed by atoms with Crippen LogP contribution in [0.5, 0.6) is 23.0 Å². The fourth-order valence-corrected chi connectivity index (χ4v) is 2.63. The van der Waals surface area contributed by atoms with Crippen molar-refractivity contribution in [1.82, 2.24) is 0 Å². The van der Waals surface area contributed by atoms with E-state index in [4.69, 9.17) is 14.2 Å². The molecule has 0 saturated heterocycles. The summed E-state index contributed by atoms with van der Waals surface area (Å²) in [6.07, 6.45) is 2.07. The Morgan fingerprint density at radius 1 is 0.923 bits per heavy atom. The third-order valence-electron chi connectivity index (χ3n) is 3.51. The van der Waals surface area contributed by atoms with Crippen LogP contribution in [0.2, 0.25) is 0 Å². The molecule has 0 amide bonds. The largest absolute Gasteiger partial charge is 0.491 e. The third kappa shape index (κ3) is 6.69. The molecule has 0 radical (unpaired) electrons. The average molecular weight is 484 g/mol. The van der Waals surface area contributed by atoms with Gasteiger partial charge in [0.15, 0.2) is 0 Å². The van der Waals surface area contributed by atoms with Gasteiger partial charge in [-0.2, -0.15) is 0 Å². The van der Waals surface area contributed by atoms with Crippen LogP contribution >= 0.6 is 31.9 Å². The molecule has 0 unspecified atom stereocenters. The van der Waals surface area contributed by atoms with Crippen LogP contribution in [0.15, 0.2) is 51.9 Å². The molecule has 140 valence electrons. The normalized spacial score (nSPS) is 10.8. The smallest absolute Gasteiger partial charge is 0.127 e. The lowest BCUT2D eigenvalue weighted by Gasteiger charge is -2.15. The minimum atomic E-state index is 0.155. The molecule has 0 saturated carbocycles. The molecule has 0 spiro atoms. The summed E-state index contributed by atoms with van der Waals surface area (Å²) in [4.78, 5) is 0. The summed E-state index contributed by atoms with van der Waals surface area (Å²) < 4.78 is 18.4. The van der Waals surface area contributed by atoms with Crippen molar-refractivity contribution < 1.29 is 14.2 Å². The van der Waals surface area contributed by atoms with Crippen LogP contribution in [-0.4, -0.2) is 12.7 Å². The van der Waals surface area contributed by atoms with E-state index in [0.717, 1.165) is 32.0 Å². The van der Waals surface area contributed by atoms with E-state index in [1.165, 1.54) is 0 Å². The maximum atomic E-state index is 5.99. The predicted octanol–water partition coefficient (Wildman–Crippen LogP) is 7.40. The number of rotatable bonds is 8. The van der Waals surface area contributed by atoms with Crippen molar-refractivity contribution in [3.8, 4) is 23.0 Å². The standard InChI is InChI=1S/C21H24Br2O3/c1-14(2)19-13-18(9-10-20(19)24-12-11-21(22)23)26-17-7-5-16(6-8-17)25-15(3)4/h5-11,13-15H,12H2,1-4H3. The molecule has 0 aliphatic rings. The van der Waals surface area contributed by atoms with Gasteiger partial charge in [0.2, 0.25) is 0 Å². The first kappa shape index (κ1) is 20.8. The summed E-state index contributed by atoms with van der Waals surface area (Å²) in [5.41, 5.74) is 1.11. The van der Waals surface area contributed by atoms with Gasteiger partial charge in [-0.1, -0.05) is 13.8 Å². The minimum absolute atomic E-state index is 0.155. The minimum Gasteiger partial charge on any atom is -0.491 e. The van der Waals surface area contributed by atoms with Crippen molar-refractivity contribution in [2.75, 3.05) is 6.61 Å². The van der Waals surface area contributed by atoms with Crippen molar-refractivity contribution in [2.45, 2.75) is 39.7 Å². The van der Waals surface area contributed by atoms with Gasteiger partial charge in [0, 0.05) is 5.56 Å². The van der Waals surface area contributed by atoms with Gasteiger partial charge in [0.25, 0.3) is 0 Å². The van der Waals surface area contributed by atoms with Gasteiger partial charge in [-0.05, 0) is 100 Å². The molecule has 0 aliphatic heterocycles. The Morgan fingerprint density at radius 2 is 1.54 bits per heavy atom. The molecular formula is C21H24Br2O3. The molecule has 2 aromatic rings. The van der Waals surface area contributed by atoms with Crippen LogP contribution in [0.25, 0.3) is 0 Å². The molecule has 2 aromatic carbocycles.